The molecule has 0 atom stereocenters. The van der Waals surface area contributed by atoms with Gasteiger partial charge in [-0.25, -0.2) is 4.79 Å². The Labute approximate surface area is 163 Å². The number of rotatable bonds is 5. The van der Waals surface area contributed by atoms with E-state index in [0.29, 0.717) is 30.2 Å². The number of hydrogen-bond acceptors (Lipinski definition) is 4. The first kappa shape index (κ1) is 19.1. The highest BCUT2D eigenvalue weighted by molar-refractivity contribution is 5.95. The maximum atomic E-state index is 12.3. The molecule has 7 nitrogen and oxygen atoms in total. The van der Waals surface area contributed by atoms with Gasteiger partial charge < -0.3 is 20.1 Å². The number of hydrogen-bond donors (Lipinski definition) is 2. The lowest BCUT2D eigenvalue weighted by molar-refractivity contribution is 0.0958. The van der Waals surface area contributed by atoms with Crippen LogP contribution in [0.4, 0.5) is 10.5 Å². The van der Waals surface area contributed by atoms with Crippen LogP contribution in [0.1, 0.15) is 15.9 Å². The molecule has 7 heteroatoms. The summed E-state index contributed by atoms with van der Waals surface area (Å²) in [6.45, 7) is 1.51. The van der Waals surface area contributed by atoms with Gasteiger partial charge in [0.1, 0.15) is 11.5 Å². The van der Waals surface area contributed by atoms with Gasteiger partial charge in [0.2, 0.25) is 0 Å². The van der Waals surface area contributed by atoms with Crippen molar-refractivity contribution in [3.05, 3.63) is 53.6 Å². The lowest BCUT2D eigenvalue weighted by Crippen LogP contribution is -2.27. The van der Waals surface area contributed by atoms with Gasteiger partial charge in [-0.05, 0) is 36.4 Å². The Morgan fingerprint density at radius 1 is 1.14 bits per heavy atom. The fraction of sp³-hybridized carbons (Fsp3) is 0.238. The monoisotopic (exact) mass is 379 g/mol. The van der Waals surface area contributed by atoms with E-state index in [0.717, 1.165) is 11.3 Å². The van der Waals surface area contributed by atoms with Crippen LogP contribution in [0.5, 0.6) is 11.5 Å². The molecule has 0 bridgehead atoms. The van der Waals surface area contributed by atoms with Crippen LogP contribution >= 0.6 is 0 Å². The Hall–Kier alpha value is -3.66. The van der Waals surface area contributed by atoms with E-state index < -0.39 is 0 Å². The second kappa shape index (κ2) is 8.82. The minimum Gasteiger partial charge on any atom is -0.497 e. The van der Waals surface area contributed by atoms with Crippen molar-refractivity contribution in [1.82, 2.24) is 10.6 Å². The smallest absolute Gasteiger partial charge is 0.321 e. The number of carbonyl (C=O) groups is 2. The summed E-state index contributed by atoms with van der Waals surface area (Å²) in [5.41, 5.74) is 2.08. The molecule has 28 heavy (non-hydrogen) atoms. The first-order valence-corrected chi connectivity index (χ1v) is 8.76. The third-order valence-electron chi connectivity index (χ3n) is 4.22. The largest absolute Gasteiger partial charge is 0.497 e. The summed E-state index contributed by atoms with van der Waals surface area (Å²) < 4.78 is 10.3. The molecule has 1 fully saturated rings. The van der Waals surface area contributed by atoms with E-state index >= 15 is 0 Å². The van der Waals surface area contributed by atoms with Crippen LogP contribution in [0.15, 0.2) is 42.5 Å². The molecule has 1 aliphatic heterocycles. The van der Waals surface area contributed by atoms with Gasteiger partial charge in [-0.15, -0.1) is 0 Å². The Morgan fingerprint density at radius 3 is 2.39 bits per heavy atom. The molecule has 3 amide bonds. The van der Waals surface area contributed by atoms with Crippen LogP contribution in [-0.2, 0) is 0 Å². The van der Waals surface area contributed by atoms with Gasteiger partial charge in [-0.2, -0.15) is 0 Å². The van der Waals surface area contributed by atoms with Crippen LogP contribution in [0.25, 0.3) is 0 Å². The van der Waals surface area contributed by atoms with Crippen LogP contribution in [0, 0.1) is 11.8 Å². The average molecular weight is 379 g/mol. The summed E-state index contributed by atoms with van der Waals surface area (Å²) >= 11 is 0. The molecule has 2 aromatic rings. The Morgan fingerprint density at radius 2 is 1.82 bits per heavy atom. The molecule has 0 spiro atoms. The zero-order valence-corrected chi connectivity index (χ0v) is 15.7. The molecule has 2 aromatic carbocycles. The van der Waals surface area contributed by atoms with Gasteiger partial charge in [0.15, 0.2) is 0 Å². The van der Waals surface area contributed by atoms with Crippen molar-refractivity contribution in [3.8, 4) is 23.3 Å². The highest BCUT2D eigenvalue weighted by Gasteiger charge is 2.20. The van der Waals surface area contributed by atoms with Crippen molar-refractivity contribution in [2.75, 3.05) is 38.8 Å². The minimum absolute atomic E-state index is 0.0873. The number of benzene rings is 2. The van der Waals surface area contributed by atoms with Crippen LogP contribution < -0.4 is 25.0 Å². The second-order valence-electron chi connectivity index (χ2n) is 6.02. The summed E-state index contributed by atoms with van der Waals surface area (Å²) in [5.74, 6) is 6.74. The zero-order valence-electron chi connectivity index (χ0n) is 15.7. The van der Waals surface area contributed by atoms with Crippen molar-refractivity contribution in [1.29, 1.82) is 0 Å². The van der Waals surface area contributed by atoms with Crippen LogP contribution in [-0.4, -0.2) is 45.8 Å². The number of ether oxygens (including phenoxy) is 2. The predicted octanol–water partition coefficient (Wildman–Crippen LogP) is 2.01. The van der Waals surface area contributed by atoms with E-state index in [1.165, 1.54) is 14.2 Å². The first-order chi connectivity index (χ1) is 13.6. The predicted molar refractivity (Wildman–Crippen MR) is 106 cm³/mol. The lowest BCUT2D eigenvalue weighted by Gasteiger charge is -2.13. The molecule has 1 heterocycles. The molecule has 1 saturated heterocycles. The Balaban J connectivity index is 1.57. The summed E-state index contributed by atoms with van der Waals surface area (Å²) in [4.78, 5) is 25.6. The van der Waals surface area contributed by atoms with Crippen LogP contribution in [0.2, 0.25) is 0 Å². The summed E-state index contributed by atoms with van der Waals surface area (Å²) in [5, 5.41) is 5.52. The van der Waals surface area contributed by atoms with E-state index in [9.17, 15) is 9.59 Å². The maximum absolute atomic E-state index is 12.3. The number of urea groups is 1. The van der Waals surface area contributed by atoms with E-state index in [1.807, 2.05) is 24.3 Å². The lowest BCUT2D eigenvalue weighted by atomic mass is 10.2. The van der Waals surface area contributed by atoms with Crippen molar-refractivity contribution >= 4 is 17.6 Å². The molecule has 2 N–H and O–H groups in total. The third-order valence-corrected chi connectivity index (χ3v) is 4.22. The van der Waals surface area contributed by atoms with E-state index in [4.69, 9.17) is 9.47 Å². The second-order valence-corrected chi connectivity index (χ2v) is 6.02. The van der Waals surface area contributed by atoms with Crippen molar-refractivity contribution in [3.63, 3.8) is 0 Å². The fourth-order valence-corrected chi connectivity index (χ4v) is 2.75. The fourth-order valence-electron chi connectivity index (χ4n) is 2.75. The van der Waals surface area contributed by atoms with Gasteiger partial charge in [0.25, 0.3) is 5.91 Å². The van der Waals surface area contributed by atoms with Crippen LogP contribution in [0.3, 0.4) is 0 Å². The SMILES string of the molecule is COc1cc(OC)cc(C(=O)NCC#Cc2ccc(N3CCNC3=O)cc2)c1. The minimum atomic E-state index is -0.262. The highest BCUT2D eigenvalue weighted by Crippen LogP contribution is 2.22. The molecule has 0 unspecified atom stereocenters. The van der Waals surface area contributed by atoms with Gasteiger partial charge in [0.05, 0.1) is 20.8 Å². The molecule has 0 saturated carbocycles. The standard InChI is InChI=1S/C21H21N3O4/c1-27-18-12-16(13-19(14-18)28-2)20(25)22-9-3-4-15-5-7-17(8-6-15)24-11-10-23-21(24)26/h5-8,12-14H,9-11H2,1-2H3,(H,22,25)(H,23,26). The van der Waals surface area contributed by atoms with E-state index in [1.54, 1.807) is 23.1 Å². The maximum Gasteiger partial charge on any atom is 0.321 e. The molecule has 3 rings (SSSR count). The Bertz CT molecular complexity index is 907. The molecule has 0 radical (unpaired) electrons. The van der Waals surface area contributed by atoms with Crippen molar-refractivity contribution in [2.24, 2.45) is 0 Å². The van der Waals surface area contributed by atoms with Crippen molar-refractivity contribution in [2.45, 2.75) is 0 Å². The number of anilines is 1. The quantitative estimate of drug-likeness (QED) is 0.779. The summed E-state index contributed by atoms with van der Waals surface area (Å²) in [6.07, 6.45) is 0. The van der Waals surface area contributed by atoms with Gasteiger partial charge >= 0.3 is 6.03 Å². The van der Waals surface area contributed by atoms with Gasteiger partial charge in [-0.1, -0.05) is 11.8 Å². The zero-order chi connectivity index (χ0) is 19.9. The number of nitrogens with zero attached hydrogens (tertiary/aromatic N) is 1. The number of nitrogens with one attached hydrogen (secondary N) is 2. The molecule has 144 valence electrons. The number of amides is 3. The first-order valence-electron chi connectivity index (χ1n) is 8.76. The van der Waals surface area contributed by atoms with Gasteiger partial charge in [0, 0.05) is 36.0 Å². The normalized spacial score (nSPS) is 12.6. The average Bonchev–Trinajstić information content (AvgIpc) is 3.16. The molecular formula is C21H21N3O4. The molecule has 0 aromatic heterocycles. The molecule has 1 aliphatic rings. The number of carbonyl (C=O) groups excluding carboxylic acids is 2. The third kappa shape index (κ3) is 4.54. The van der Waals surface area contributed by atoms with E-state index in [2.05, 4.69) is 22.5 Å². The summed E-state index contributed by atoms with van der Waals surface area (Å²) in [7, 11) is 3.06. The Kier molecular flexibility index (Phi) is 6.02. The van der Waals surface area contributed by atoms with E-state index in [-0.39, 0.29) is 18.5 Å². The van der Waals surface area contributed by atoms with Gasteiger partial charge in [-0.3, -0.25) is 9.69 Å². The summed E-state index contributed by atoms with van der Waals surface area (Å²) in [6, 6.07) is 12.3. The molecule has 0 aliphatic carbocycles. The van der Waals surface area contributed by atoms with Crippen molar-refractivity contribution < 1.29 is 19.1 Å². The topological polar surface area (TPSA) is 79.9 Å². The highest BCUT2D eigenvalue weighted by atomic mass is 16.5. The molecular weight excluding hydrogens is 358 g/mol. The number of methoxy groups -OCH3 is 2.